The van der Waals surface area contributed by atoms with Gasteiger partial charge in [0.15, 0.2) is 0 Å². The predicted octanol–water partition coefficient (Wildman–Crippen LogP) is 4.66. The van der Waals surface area contributed by atoms with Crippen LogP contribution in [-0.4, -0.2) is 9.97 Å². The maximum atomic E-state index is 4.46. The number of H-pyrrole nitrogens is 1. The van der Waals surface area contributed by atoms with E-state index in [2.05, 4.69) is 23.8 Å². The minimum atomic E-state index is 1.16. The van der Waals surface area contributed by atoms with Crippen LogP contribution in [0, 0.1) is 0 Å². The second-order valence-corrected chi connectivity index (χ2v) is 4.95. The maximum absolute atomic E-state index is 4.46. The summed E-state index contributed by atoms with van der Waals surface area (Å²) >= 11 is 0. The van der Waals surface area contributed by atoms with Crippen molar-refractivity contribution < 1.29 is 0 Å². The fourth-order valence-corrected chi connectivity index (χ4v) is 2.23. The fraction of sp³-hybridized carbons (Fsp3) is 0.800. The molecule has 1 rings (SSSR count). The molecule has 17 heavy (non-hydrogen) atoms. The van der Waals surface area contributed by atoms with Crippen molar-refractivity contribution in [1.82, 2.24) is 9.97 Å². The van der Waals surface area contributed by atoms with Crippen LogP contribution in [0.15, 0.2) is 6.33 Å². The lowest BCUT2D eigenvalue weighted by molar-refractivity contribution is 0.643. The van der Waals surface area contributed by atoms with Crippen LogP contribution in [0.5, 0.6) is 0 Å². The average Bonchev–Trinajstić information content (AvgIpc) is 2.78. The standard InChI is InChI=1S/C15H28N2/c1-3-5-7-9-11-14-15(17-13-16-14)12-10-8-6-4-2/h13H,3-12H2,1-2H3,(H,16,17). The topological polar surface area (TPSA) is 28.7 Å². The Balaban J connectivity index is 2.22. The van der Waals surface area contributed by atoms with Crippen LogP contribution in [0.1, 0.15) is 76.6 Å². The molecule has 0 aliphatic carbocycles. The van der Waals surface area contributed by atoms with Gasteiger partial charge in [0.2, 0.25) is 0 Å². The fourth-order valence-electron chi connectivity index (χ4n) is 2.23. The number of nitrogens with one attached hydrogen (secondary N) is 1. The molecule has 0 amide bonds. The van der Waals surface area contributed by atoms with Crippen LogP contribution in [0.2, 0.25) is 0 Å². The summed E-state index contributed by atoms with van der Waals surface area (Å²) in [5.41, 5.74) is 2.70. The van der Waals surface area contributed by atoms with E-state index in [9.17, 15) is 0 Å². The molecule has 0 spiro atoms. The molecule has 0 radical (unpaired) electrons. The molecule has 0 fully saturated rings. The Labute approximate surface area is 106 Å². The molecule has 98 valence electrons. The first-order chi connectivity index (χ1) is 8.38. The van der Waals surface area contributed by atoms with Crippen LogP contribution >= 0.6 is 0 Å². The molecule has 1 aromatic rings. The van der Waals surface area contributed by atoms with Gasteiger partial charge in [-0.1, -0.05) is 52.4 Å². The smallest absolute Gasteiger partial charge is 0.0925 e. The van der Waals surface area contributed by atoms with E-state index in [1.807, 2.05) is 6.33 Å². The minimum Gasteiger partial charge on any atom is -0.348 e. The molecule has 1 heterocycles. The van der Waals surface area contributed by atoms with Crippen molar-refractivity contribution in [3.05, 3.63) is 17.7 Å². The van der Waals surface area contributed by atoms with Gasteiger partial charge >= 0.3 is 0 Å². The van der Waals surface area contributed by atoms with Crippen molar-refractivity contribution in [3.63, 3.8) is 0 Å². The highest BCUT2D eigenvalue weighted by Crippen LogP contribution is 2.12. The monoisotopic (exact) mass is 236 g/mol. The normalized spacial score (nSPS) is 10.9. The van der Waals surface area contributed by atoms with E-state index in [0.717, 1.165) is 6.42 Å². The van der Waals surface area contributed by atoms with Gasteiger partial charge in [-0.2, -0.15) is 0 Å². The van der Waals surface area contributed by atoms with Gasteiger partial charge in [0.1, 0.15) is 0 Å². The Morgan fingerprint density at radius 2 is 1.53 bits per heavy atom. The number of hydrogen-bond donors (Lipinski definition) is 1. The zero-order valence-electron chi connectivity index (χ0n) is 11.6. The second-order valence-electron chi connectivity index (χ2n) is 4.95. The SMILES string of the molecule is CCCCCCc1nc[nH]c1CCCCCC. The summed E-state index contributed by atoms with van der Waals surface area (Å²) in [5.74, 6) is 0. The van der Waals surface area contributed by atoms with Crippen molar-refractivity contribution in [2.24, 2.45) is 0 Å². The number of aryl methyl sites for hydroxylation is 2. The van der Waals surface area contributed by atoms with E-state index >= 15 is 0 Å². The molecular weight excluding hydrogens is 208 g/mol. The summed E-state index contributed by atoms with van der Waals surface area (Å²) in [5, 5.41) is 0. The Kier molecular flexibility index (Phi) is 7.78. The molecule has 0 aliphatic rings. The zero-order chi connectivity index (χ0) is 12.3. The highest BCUT2D eigenvalue weighted by Gasteiger charge is 2.04. The molecule has 0 aliphatic heterocycles. The van der Waals surface area contributed by atoms with Gasteiger partial charge in [0.25, 0.3) is 0 Å². The van der Waals surface area contributed by atoms with Gasteiger partial charge in [-0.25, -0.2) is 4.98 Å². The first-order valence-electron chi connectivity index (χ1n) is 7.39. The van der Waals surface area contributed by atoms with Gasteiger partial charge in [-0.3, -0.25) is 0 Å². The van der Waals surface area contributed by atoms with Gasteiger partial charge < -0.3 is 4.98 Å². The van der Waals surface area contributed by atoms with Crippen LogP contribution in [-0.2, 0) is 12.8 Å². The van der Waals surface area contributed by atoms with Crippen molar-refractivity contribution in [2.75, 3.05) is 0 Å². The Morgan fingerprint density at radius 1 is 0.882 bits per heavy atom. The van der Waals surface area contributed by atoms with Crippen molar-refractivity contribution >= 4 is 0 Å². The first-order valence-corrected chi connectivity index (χ1v) is 7.39. The summed E-state index contributed by atoms with van der Waals surface area (Å²) in [6.45, 7) is 4.52. The van der Waals surface area contributed by atoms with Crippen molar-refractivity contribution in [1.29, 1.82) is 0 Å². The quantitative estimate of drug-likeness (QED) is 0.588. The van der Waals surface area contributed by atoms with Crippen LogP contribution in [0.4, 0.5) is 0 Å². The van der Waals surface area contributed by atoms with Crippen LogP contribution in [0.3, 0.4) is 0 Å². The van der Waals surface area contributed by atoms with E-state index in [1.54, 1.807) is 0 Å². The molecular formula is C15H28N2. The second kappa shape index (κ2) is 9.26. The van der Waals surface area contributed by atoms with Gasteiger partial charge in [0.05, 0.1) is 12.0 Å². The minimum absolute atomic E-state index is 1.16. The number of imidazole rings is 1. The lowest BCUT2D eigenvalue weighted by Gasteiger charge is -2.03. The first kappa shape index (κ1) is 14.3. The lowest BCUT2D eigenvalue weighted by Crippen LogP contribution is -1.94. The van der Waals surface area contributed by atoms with E-state index in [0.29, 0.717) is 0 Å². The molecule has 2 nitrogen and oxygen atoms in total. The van der Waals surface area contributed by atoms with Crippen LogP contribution in [0.25, 0.3) is 0 Å². The molecule has 1 aromatic heterocycles. The molecule has 2 heteroatoms. The van der Waals surface area contributed by atoms with E-state index in [1.165, 1.54) is 69.2 Å². The molecule has 0 bridgehead atoms. The van der Waals surface area contributed by atoms with Gasteiger partial charge in [-0.15, -0.1) is 0 Å². The number of unbranched alkanes of at least 4 members (excludes halogenated alkanes) is 6. The number of nitrogens with zero attached hydrogens (tertiary/aromatic N) is 1. The Hall–Kier alpha value is -0.790. The highest BCUT2D eigenvalue weighted by molar-refractivity contribution is 5.11. The third kappa shape index (κ3) is 5.90. The summed E-state index contributed by atoms with van der Waals surface area (Å²) in [6, 6.07) is 0. The molecule has 0 saturated heterocycles. The average molecular weight is 236 g/mol. The molecule has 0 atom stereocenters. The number of hydrogen-bond acceptors (Lipinski definition) is 1. The predicted molar refractivity (Wildman–Crippen MR) is 74.3 cm³/mol. The molecule has 0 unspecified atom stereocenters. The van der Waals surface area contributed by atoms with Gasteiger partial charge in [-0.05, 0) is 25.7 Å². The zero-order valence-corrected chi connectivity index (χ0v) is 11.6. The summed E-state index contributed by atoms with van der Waals surface area (Å²) < 4.78 is 0. The third-order valence-electron chi connectivity index (χ3n) is 3.35. The number of aromatic amines is 1. The van der Waals surface area contributed by atoms with E-state index in [-0.39, 0.29) is 0 Å². The Bertz CT molecular complexity index is 252. The lowest BCUT2D eigenvalue weighted by atomic mass is 10.1. The van der Waals surface area contributed by atoms with Crippen molar-refractivity contribution in [2.45, 2.75) is 78.1 Å². The maximum Gasteiger partial charge on any atom is 0.0925 e. The van der Waals surface area contributed by atoms with Crippen molar-refractivity contribution in [3.8, 4) is 0 Å². The van der Waals surface area contributed by atoms with Gasteiger partial charge in [0, 0.05) is 5.69 Å². The van der Waals surface area contributed by atoms with E-state index < -0.39 is 0 Å². The summed E-state index contributed by atoms with van der Waals surface area (Å²) in [4.78, 5) is 7.77. The largest absolute Gasteiger partial charge is 0.348 e. The molecule has 1 N–H and O–H groups in total. The van der Waals surface area contributed by atoms with Crippen LogP contribution < -0.4 is 0 Å². The number of aromatic nitrogens is 2. The summed E-state index contributed by atoms with van der Waals surface area (Å²) in [6.07, 6.45) is 14.8. The third-order valence-corrected chi connectivity index (χ3v) is 3.35. The van der Waals surface area contributed by atoms with E-state index in [4.69, 9.17) is 0 Å². The summed E-state index contributed by atoms with van der Waals surface area (Å²) in [7, 11) is 0. The number of rotatable bonds is 10. The molecule has 0 saturated carbocycles. The molecule has 0 aromatic carbocycles. The Morgan fingerprint density at radius 3 is 2.18 bits per heavy atom. The highest BCUT2D eigenvalue weighted by atomic mass is 14.9.